The van der Waals surface area contributed by atoms with Crippen molar-refractivity contribution in [2.75, 3.05) is 11.5 Å². The lowest BCUT2D eigenvalue weighted by Gasteiger charge is -2.35. The molecule has 0 fully saturated rings. The van der Waals surface area contributed by atoms with Crippen molar-refractivity contribution in [3.05, 3.63) is 104 Å². The summed E-state index contributed by atoms with van der Waals surface area (Å²) in [5.74, 6) is -1.40. The number of carbonyl (C=O) groups excluding carboxylic acids is 2. The number of nitrogens with zero attached hydrogens (tertiary/aromatic N) is 1. The molecule has 0 aliphatic carbocycles. The summed E-state index contributed by atoms with van der Waals surface area (Å²) in [7, 11) is 0. The summed E-state index contributed by atoms with van der Waals surface area (Å²) in [6.45, 7) is 5.64. The Balaban J connectivity index is 1.83. The van der Waals surface area contributed by atoms with E-state index in [4.69, 9.17) is 15.2 Å². The number of anilines is 1. The number of nitrogens with one attached hydrogen (secondary N) is 1. The minimum Gasteiger partial charge on any atom is -0.462 e. The molecule has 1 aromatic heterocycles. The van der Waals surface area contributed by atoms with E-state index in [0.29, 0.717) is 16.9 Å². The first-order chi connectivity index (χ1) is 16.8. The Morgan fingerprint density at radius 3 is 2.63 bits per heavy atom. The van der Waals surface area contributed by atoms with Gasteiger partial charge in [0, 0.05) is 23.0 Å². The van der Waals surface area contributed by atoms with Gasteiger partial charge in [-0.3, -0.25) is 9.59 Å². The quantitative estimate of drug-likeness (QED) is 0.566. The largest absolute Gasteiger partial charge is 0.462 e. The Labute approximate surface area is 202 Å². The summed E-state index contributed by atoms with van der Waals surface area (Å²) >= 11 is 0. The van der Waals surface area contributed by atoms with Gasteiger partial charge >= 0.3 is 5.97 Å². The van der Waals surface area contributed by atoms with Crippen molar-refractivity contribution in [2.24, 2.45) is 5.73 Å². The Kier molecular flexibility index (Phi) is 5.24. The van der Waals surface area contributed by atoms with Gasteiger partial charge in [-0.1, -0.05) is 48.0 Å². The number of amides is 1. The number of H-pyrrole nitrogens is 1. The van der Waals surface area contributed by atoms with E-state index in [1.165, 1.54) is 0 Å². The lowest BCUT2D eigenvalue weighted by atomic mass is 9.68. The molecule has 1 atom stereocenters. The van der Waals surface area contributed by atoms with E-state index in [2.05, 4.69) is 4.98 Å². The predicted molar refractivity (Wildman–Crippen MR) is 130 cm³/mol. The van der Waals surface area contributed by atoms with Crippen LogP contribution in [0.5, 0.6) is 5.75 Å². The maximum absolute atomic E-state index is 14.5. The summed E-state index contributed by atoms with van der Waals surface area (Å²) in [4.78, 5) is 45.6. The number of para-hydroxylation sites is 1. The average Bonchev–Trinajstić information content (AvgIpc) is 3.02. The number of fused-ring (bicyclic) bond motifs is 4. The lowest BCUT2D eigenvalue weighted by molar-refractivity contribution is -0.140. The van der Waals surface area contributed by atoms with Crippen molar-refractivity contribution in [3.63, 3.8) is 0 Å². The van der Waals surface area contributed by atoms with E-state index < -0.39 is 22.9 Å². The van der Waals surface area contributed by atoms with E-state index in [1.807, 2.05) is 37.3 Å². The number of aromatic nitrogens is 1. The predicted octanol–water partition coefficient (Wildman–Crippen LogP) is 2.95. The number of esters is 1. The average molecular weight is 472 g/mol. The molecule has 8 heteroatoms. The smallest absolute Gasteiger partial charge is 0.341 e. The standard InChI is InChI=1S/C27H25N3O5/c1-4-34-25(32)22-23(28)35-20-13-16(3)29-24(31)21(20)27(22)18-10-5-6-11-19(18)30(26(27)33)14-17-9-7-8-15(2)12-17/h5-13H,4,14,28H2,1-3H3,(H,29,31)/t27-/m1/s1. The topological polar surface area (TPSA) is 115 Å². The monoisotopic (exact) mass is 471 g/mol. The minimum atomic E-state index is -1.81. The lowest BCUT2D eigenvalue weighted by Crippen LogP contribution is -2.51. The van der Waals surface area contributed by atoms with E-state index in [1.54, 1.807) is 43.0 Å². The third-order valence-corrected chi connectivity index (χ3v) is 6.42. The Hall–Kier alpha value is -4.33. The first-order valence-corrected chi connectivity index (χ1v) is 11.4. The molecule has 2 aliphatic rings. The Morgan fingerprint density at radius 2 is 1.89 bits per heavy atom. The van der Waals surface area contributed by atoms with Crippen molar-refractivity contribution in [3.8, 4) is 5.75 Å². The molecule has 1 spiro atoms. The summed E-state index contributed by atoms with van der Waals surface area (Å²) in [5.41, 5.74) is 7.33. The maximum atomic E-state index is 14.5. The van der Waals surface area contributed by atoms with Gasteiger partial charge in [-0.25, -0.2) is 4.79 Å². The van der Waals surface area contributed by atoms with E-state index in [-0.39, 0.29) is 35.9 Å². The number of rotatable bonds is 4. The number of pyridine rings is 1. The van der Waals surface area contributed by atoms with Crippen LogP contribution in [0, 0.1) is 13.8 Å². The first kappa shape index (κ1) is 22.5. The molecule has 35 heavy (non-hydrogen) atoms. The number of hydrogen-bond acceptors (Lipinski definition) is 6. The highest BCUT2D eigenvalue weighted by molar-refractivity contribution is 6.18. The van der Waals surface area contributed by atoms with Crippen molar-refractivity contribution in [2.45, 2.75) is 32.7 Å². The molecule has 2 aromatic carbocycles. The van der Waals surface area contributed by atoms with Crippen LogP contribution in [0.1, 0.15) is 34.9 Å². The van der Waals surface area contributed by atoms with E-state index in [0.717, 1.165) is 11.1 Å². The second-order valence-electron chi connectivity index (χ2n) is 8.73. The number of ether oxygens (including phenoxy) is 2. The molecule has 178 valence electrons. The SMILES string of the molecule is CCOC(=O)C1=C(N)Oc2cc(C)[nH]c(=O)c2[C@@]12C(=O)N(Cc1cccc(C)c1)c1ccccc12. The molecule has 0 unspecified atom stereocenters. The highest BCUT2D eigenvalue weighted by atomic mass is 16.5. The molecule has 0 bridgehead atoms. The van der Waals surface area contributed by atoms with Crippen LogP contribution in [0.25, 0.3) is 0 Å². The zero-order chi connectivity index (χ0) is 24.9. The normalized spacial score (nSPS) is 18.4. The number of aromatic amines is 1. The van der Waals surface area contributed by atoms with Crippen LogP contribution in [0.2, 0.25) is 0 Å². The first-order valence-electron chi connectivity index (χ1n) is 11.4. The van der Waals surface area contributed by atoms with Gasteiger partial charge in [0.15, 0.2) is 0 Å². The van der Waals surface area contributed by atoms with Gasteiger partial charge in [0.1, 0.15) is 16.7 Å². The van der Waals surface area contributed by atoms with Gasteiger partial charge in [0.25, 0.3) is 5.56 Å². The molecular formula is C27H25N3O5. The van der Waals surface area contributed by atoms with Crippen molar-refractivity contribution < 1.29 is 19.1 Å². The molecule has 0 radical (unpaired) electrons. The van der Waals surface area contributed by atoms with Crippen LogP contribution in [0.15, 0.2) is 70.8 Å². The number of benzene rings is 2. The summed E-state index contributed by atoms with van der Waals surface area (Å²) < 4.78 is 11.1. The zero-order valence-corrected chi connectivity index (χ0v) is 19.7. The van der Waals surface area contributed by atoms with Crippen LogP contribution in [-0.4, -0.2) is 23.5 Å². The van der Waals surface area contributed by atoms with Gasteiger partial charge < -0.3 is 25.1 Å². The Bertz CT molecular complexity index is 1470. The number of aryl methyl sites for hydroxylation is 2. The molecule has 3 N–H and O–H groups in total. The van der Waals surface area contributed by atoms with Crippen molar-refractivity contribution in [1.29, 1.82) is 0 Å². The third-order valence-electron chi connectivity index (χ3n) is 6.42. The molecular weight excluding hydrogens is 446 g/mol. The molecule has 3 heterocycles. The van der Waals surface area contributed by atoms with E-state index in [9.17, 15) is 14.4 Å². The summed E-state index contributed by atoms with van der Waals surface area (Å²) in [6, 6.07) is 16.5. The highest BCUT2D eigenvalue weighted by Gasteiger charge is 2.62. The second-order valence-corrected chi connectivity index (χ2v) is 8.73. The zero-order valence-electron chi connectivity index (χ0n) is 19.7. The Morgan fingerprint density at radius 1 is 1.11 bits per heavy atom. The fourth-order valence-electron chi connectivity index (χ4n) is 5.12. The molecule has 0 saturated carbocycles. The fraction of sp³-hybridized carbons (Fsp3) is 0.222. The van der Waals surface area contributed by atoms with Crippen LogP contribution in [-0.2, 0) is 26.3 Å². The number of nitrogens with two attached hydrogens (primary N) is 1. The molecule has 3 aromatic rings. The molecule has 0 saturated heterocycles. The summed E-state index contributed by atoms with van der Waals surface area (Å²) in [5, 5.41) is 0. The molecule has 8 nitrogen and oxygen atoms in total. The van der Waals surface area contributed by atoms with E-state index >= 15 is 0 Å². The van der Waals surface area contributed by atoms with Crippen molar-refractivity contribution >= 4 is 17.6 Å². The molecule has 2 aliphatic heterocycles. The van der Waals surface area contributed by atoms with Gasteiger partial charge in [-0.05, 0) is 32.4 Å². The maximum Gasteiger partial charge on any atom is 0.341 e. The highest BCUT2D eigenvalue weighted by Crippen LogP contribution is 2.54. The van der Waals surface area contributed by atoms with Gasteiger partial charge in [0.2, 0.25) is 11.8 Å². The van der Waals surface area contributed by atoms with Crippen LogP contribution < -0.4 is 20.9 Å². The van der Waals surface area contributed by atoms with Crippen LogP contribution in [0.4, 0.5) is 5.69 Å². The molecule has 1 amide bonds. The minimum absolute atomic E-state index is 0.0181. The van der Waals surface area contributed by atoms with Gasteiger partial charge in [0.05, 0.1) is 18.7 Å². The number of carbonyl (C=O) groups is 2. The number of hydrogen-bond donors (Lipinski definition) is 2. The molecule has 5 rings (SSSR count). The van der Waals surface area contributed by atoms with Crippen molar-refractivity contribution in [1.82, 2.24) is 4.98 Å². The second kappa shape index (κ2) is 8.16. The van der Waals surface area contributed by atoms with Gasteiger partial charge in [-0.2, -0.15) is 0 Å². The third kappa shape index (κ3) is 3.24. The van der Waals surface area contributed by atoms with Crippen LogP contribution in [0.3, 0.4) is 0 Å². The summed E-state index contributed by atoms with van der Waals surface area (Å²) in [6.07, 6.45) is 0. The van der Waals surface area contributed by atoms with Gasteiger partial charge in [-0.15, -0.1) is 0 Å². The van der Waals surface area contributed by atoms with Crippen LogP contribution >= 0.6 is 0 Å². The fourth-order valence-corrected chi connectivity index (χ4v) is 5.12.